The van der Waals surface area contributed by atoms with Gasteiger partial charge in [0.25, 0.3) is 5.91 Å². The standard InChI is InChI=1S/C32H32Cl2N2O4/c1-3-38-25-13-8-21(9-14-25)18-23-6-5-7-27-31(23)35-36(32(27)22-10-15-26(16-11-22)39-4-2)30(37)20-40-29-17-12-24(33)19-28(29)34/h8-19,27,32H,3-7,20H2,1-2H3. The Labute approximate surface area is 245 Å². The van der Waals surface area contributed by atoms with Crippen LogP contribution in [0.3, 0.4) is 0 Å². The van der Waals surface area contributed by atoms with Crippen LogP contribution in [-0.4, -0.2) is 36.4 Å². The number of hydrogen-bond acceptors (Lipinski definition) is 5. The number of nitrogens with zero attached hydrogens (tertiary/aromatic N) is 2. The van der Waals surface area contributed by atoms with Crippen LogP contribution in [0.2, 0.25) is 10.0 Å². The molecule has 3 aromatic carbocycles. The molecule has 5 rings (SSSR count). The van der Waals surface area contributed by atoms with Gasteiger partial charge in [0.05, 0.1) is 30.0 Å². The minimum absolute atomic E-state index is 0.0729. The lowest BCUT2D eigenvalue weighted by Gasteiger charge is -2.29. The van der Waals surface area contributed by atoms with Gasteiger partial charge in [-0.15, -0.1) is 0 Å². The molecule has 6 nitrogen and oxygen atoms in total. The monoisotopic (exact) mass is 578 g/mol. The van der Waals surface area contributed by atoms with Gasteiger partial charge in [0, 0.05) is 10.9 Å². The maximum atomic E-state index is 13.6. The topological polar surface area (TPSA) is 60.4 Å². The van der Waals surface area contributed by atoms with Crippen molar-refractivity contribution >= 4 is 40.9 Å². The van der Waals surface area contributed by atoms with Crippen molar-refractivity contribution < 1.29 is 19.0 Å². The van der Waals surface area contributed by atoms with Crippen molar-refractivity contribution in [3.8, 4) is 17.2 Å². The Morgan fingerprint density at radius 1 is 0.950 bits per heavy atom. The molecular weight excluding hydrogens is 547 g/mol. The third-order valence-electron chi connectivity index (χ3n) is 7.07. The number of hydrazone groups is 1. The average Bonchev–Trinajstić information content (AvgIpc) is 3.35. The molecule has 1 fully saturated rings. The highest BCUT2D eigenvalue weighted by Crippen LogP contribution is 2.45. The van der Waals surface area contributed by atoms with E-state index in [0.29, 0.717) is 29.0 Å². The minimum Gasteiger partial charge on any atom is -0.494 e. The summed E-state index contributed by atoms with van der Waals surface area (Å²) in [4.78, 5) is 13.6. The van der Waals surface area contributed by atoms with Crippen LogP contribution in [0.15, 0.2) is 77.4 Å². The summed E-state index contributed by atoms with van der Waals surface area (Å²) < 4.78 is 17.1. The summed E-state index contributed by atoms with van der Waals surface area (Å²) in [7, 11) is 0. The molecule has 1 aliphatic heterocycles. The summed E-state index contributed by atoms with van der Waals surface area (Å²) in [6.07, 6.45) is 5.02. The summed E-state index contributed by atoms with van der Waals surface area (Å²) in [6, 6.07) is 20.7. The number of carbonyl (C=O) groups excluding carboxylic acids is 1. The lowest BCUT2D eigenvalue weighted by Crippen LogP contribution is -2.34. The Morgan fingerprint density at radius 3 is 2.27 bits per heavy atom. The summed E-state index contributed by atoms with van der Waals surface area (Å²) in [5.41, 5.74) is 4.18. The van der Waals surface area contributed by atoms with E-state index in [1.807, 2.05) is 62.4 Å². The van der Waals surface area contributed by atoms with Crippen LogP contribution in [-0.2, 0) is 4.79 Å². The number of carbonyl (C=O) groups is 1. The molecule has 0 spiro atoms. The number of allylic oxidation sites excluding steroid dienone is 1. The third-order valence-corrected chi connectivity index (χ3v) is 7.60. The fourth-order valence-corrected chi connectivity index (χ4v) is 5.76. The van der Waals surface area contributed by atoms with Crippen LogP contribution in [0.1, 0.15) is 50.3 Å². The lowest BCUT2D eigenvalue weighted by atomic mass is 9.77. The predicted molar refractivity (Wildman–Crippen MR) is 160 cm³/mol. The van der Waals surface area contributed by atoms with E-state index in [1.54, 1.807) is 23.2 Å². The van der Waals surface area contributed by atoms with E-state index in [4.69, 9.17) is 42.5 Å². The van der Waals surface area contributed by atoms with Crippen molar-refractivity contribution in [2.24, 2.45) is 11.0 Å². The average molecular weight is 580 g/mol. The van der Waals surface area contributed by atoms with Gasteiger partial charge in [0.2, 0.25) is 0 Å². The molecule has 0 radical (unpaired) electrons. The van der Waals surface area contributed by atoms with Crippen LogP contribution in [0.25, 0.3) is 6.08 Å². The zero-order valence-electron chi connectivity index (χ0n) is 22.6. The fraction of sp³-hybridized carbons (Fsp3) is 0.312. The van der Waals surface area contributed by atoms with Gasteiger partial charge in [-0.05, 0) is 98.4 Å². The van der Waals surface area contributed by atoms with Crippen molar-refractivity contribution in [2.75, 3.05) is 19.8 Å². The molecule has 3 aromatic rings. The normalized spacial score (nSPS) is 19.2. The van der Waals surface area contributed by atoms with Crippen LogP contribution in [0.5, 0.6) is 17.2 Å². The maximum absolute atomic E-state index is 13.6. The quantitative estimate of drug-likeness (QED) is 0.258. The molecule has 2 aliphatic rings. The number of ether oxygens (including phenoxy) is 3. The summed E-state index contributed by atoms with van der Waals surface area (Å²) >= 11 is 12.3. The second kappa shape index (κ2) is 12.8. The predicted octanol–water partition coefficient (Wildman–Crippen LogP) is 7.99. The first-order valence-corrected chi connectivity index (χ1v) is 14.4. The van der Waals surface area contributed by atoms with Gasteiger partial charge in [0.1, 0.15) is 17.2 Å². The minimum atomic E-state index is -0.244. The lowest BCUT2D eigenvalue weighted by molar-refractivity contribution is -0.135. The van der Waals surface area contributed by atoms with Crippen LogP contribution < -0.4 is 14.2 Å². The van der Waals surface area contributed by atoms with Crippen LogP contribution in [0, 0.1) is 5.92 Å². The Bertz CT molecular complexity index is 1400. The van der Waals surface area contributed by atoms with Crippen molar-refractivity contribution in [1.29, 1.82) is 0 Å². The number of hydrogen-bond donors (Lipinski definition) is 0. The maximum Gasteiger partial charge on any atom is 0.281 e. The van der Waals surface area contributed by atoms with Gasteiger partial charge < -0.3 is 14.2 Å². The van der Waals surface area contributed by atoms with Gasteiger partial charge in [-0.3, -0.25) is 4.79 Å². The number of rotatable bonds is 9. The molecule has 1 amide bonds. The molecule has 208 valence electrons. The zero-order chi connectivity index (χ0) is 28.1. The molecule has 1 aliphatic carbocycles. The van der Waals surface area contributed by atoms with Crippen molar-refractivity contribution in [3.63, 3.8) is 0 Å². The molecule has 0 aromatic heterocycles. The van der Waals surface area contributed by atoms with Gasteiger partial charge in [0.15, 0.2) is 6.61 Å². The van der Waals surface area contributed by atoms with E-state index < -0.39 is 0 Å². The number of fused-ring (bicyclic) bond motifs is 1. The molecular formula is C32H32Cl2N2O4. The first-order chi connectivity index (χ1) is 19.5. The van der Waals surface area contributed by atoms with Gasteiger partial charge in [-0.2, -0.15) is 5.10 Å². The van der Waals surface area contributed by atoms with Crippen molar-refractivity contribution in [2.45, 2.75) is 39.2 Å². The molecule has 0 bridgehead atoms. The van der Waals surface area contributed by atoms with Crippen molar-refractivity contribution in [1.82, 2.24) is 5.01 Å². The number of amides is 1. The van der Waals surface area contributed by atoms with E-state index in [2.05, 4.69) is 6.08 Å². The highest BCUT2D eigenvalue weighted by Gasteiger charge is 2.43. The number of halogens is 2. The second-order valence-corrected chi connectivity index (χ2v) is 10.5. The fourth-order valence-electron chi connectivity index (χ4n) is 5.29. The van der Waals surface area contributed by atoms with Gasteiger partial charge >= 0.3 is 0 Å². The smallest absolute Gasteiger partial charge is 0.281 e. The molecule has 1 saturated carbocycles. The van der Waals surface area contributed by atoms with E-state index in [1.165, 1.54) is 0 Å². The van der Waals surface area contributed by atoms with Gasteiger partial charge in [-0.1, -0.05) is 47.5 Å². The molecule has 0 saturated heterocycles. The van der Waals surface area contributed by atoms with Crippen molar-refractivity contribution in [3.05, 3.63) is 93.5 Å². The summed E-state index contributed by atoms with van der Waals surface area (Å²) in [6.45, 7) is 4.95. The number of benzene rings is 3. The molecule has 2 unspecified atom stereocenters. The highest BCUT2D eigenvalue weighted by molar-refractivity contribution is 6.35. The highest BCUT2D eigenvalue weighted by atomic mass is 35.5. The van der Waals surface area contributed by atoms with E-state index in [9.17, 15) is 4.79 Å². The van der Waals surface area contributed by atoms with E-state index in [0.717, 1.165) is 53.2 Å². The Hall–Kier alpha value is -3.48. The third kappa shape index (κ3) is 6.29. The van der Waals surface area contributed by atoms with Crippen LogP contribution in [0.4, 0.5) is 0 Å². The second-order valence-electron chi connectivity index (χ2n) is 9.70. The molecule has 0 N–H and O–H groups in total. The molecule has 1 heterocycles. The van der Waals surface area contributed by atoms with E-state index >= 15 is 0 Å². The SMILES string of the molecule is CCOc1ccc(C=C2CCCC3C2=NN(C(=O)COc2ccc(Cl)cc2Cl)C3c2ccc(OCC)cc2)cc1. The Balaban J connectivity index is 1.44. The largest absolute Gasteiger partial charge is 0.494 e. The first-order valence-electron chi connectivity index (χ1n) is 13.6. The molecule has 8 heteroatoms. The first kappa shape index (κ1) is 28.1. The van der Waals surface area contributed by atoms with Gasteiger partial charge in [-0.25, -0.2) is 5.01 Å². The summed E-state index contributed by atoms with van der Waals surface area (Å²) in [5, 5.41) is 7.39. The molecule has 2 atom stereocenters. The Kier molecular flexibility index (Phi) is 8.98. The Morgan fingerprint density at radius 2 is 1.62 bits per heavy atom. The van der Waals surface area contributed by atoms with Crippen LogP contribution >= 0.6 is 23.2 Å². The zero-order valence-corrected chi connectivity index (χ0v) is 24.1. The molecule has 40 heavy (non-hydrogen) atoms. The summed E-state index contributed by atoms with van der Waals surface area (Å²) in [5.74, 6) is 1.87. The van der Waals surface area contributed by atoms with E-state index in [-0.39, 0.29) is 24.5 Å².